The van der Waals surface area contributed by atoms with Gasteiger partial charge >= 0.3 is 0 Å². The van der Waals surface area contributed by atoms with Crippen LogP contribution in [-0.4, -0.2) is 42.4 Å². The average Bonchev–Trinajstić information content (AvgIpc) is 2.47. The minimum atomic E-state index is -0.397. The van der Waals surface area contributed by atoms with Crippen molar-refractivity contribution in [1.29, 1.82) is 0 Å². The molecule has 2 saturated heterocycles. The number of primary amides is 1. The first kappa shape index (κ1) is 14.3. The van der Waals surface area contributed by atoms with Crippen LogP contribution in [-0.2, 0) is 9.59 Å². The highest BCUT2D eigenvalue weighted by atomic mass is 16.2. The second-order valence-corrected chi connectivity index (χ2v) is 5.83. The van der Waals surface area contributed by atoms with E-state index in [-0.39, 0.29) is 17.2 Å². The van der Waals surface area contributed by atoms with Gasteiger partial charge in [0.2, 0.25) is 11.8 Å². The third kappa shape index (κ3) is 2.76. The van der Waals surface area contributed by atoms with Gasteiger partial charge in [-0.05, 0) is 45.1 Å². The van der Waals surface area contributed by atoms with Crippen molar-refractivity contribution in [2.75, 3.05) is 19.6 Å². The van der Waals surface area contributed by atoms with E-state index in [4.69, 9.17) is 5.73 Å². The summed E-state index contributed by atoms with van der Waals surface area (Å²) in [6, 6.07) is -0.397. The summed E-state index contributed by atoms with van der Waals surface area (Å²) in [5.74, 6) is -0.228. The Kier molecular flexibility index (Phi) is 4.45. The van der Waals surface area contributed by atoms with Crippen LogP contribution in [0.3, 0.4) is 0 Å². The summed E-state index contributed by atoms with van der Waals surface area (Å²) in [4.78, 5) is 26.2. The van der Waals surface area contributed by atoms with E-state index < -0.39 is 6.04 Å². The van der Waals surface area contributed by atoms with Crippen LogP contribution in [0.5, 0.6) is 0 Å². The lowest BCUT2D eigenvalue weighted by Gasteiger charge is -2.43. The Labute approximate surface area is 114 Å². The van der Waals surface area contributed by atoms with Crippen LogP contribution in [0.1, 0.15) is 45.4 Å². The number of likely N-dealkylation sites (tertiary alicyclic amines) is 1. The number of carbonyl (C=O) groups is 2. The van der Waals surface area contributed by atoms with Crippen molar-refractivity contribution in [2.45, 2.75) is 51.5 Å². The zero-order valence-electron chi connectivity index (χ0n) is 11.8. The molecule has 0 aromatic carbocycles. The third-order valence-corrected chi connectivity index (χ3v) is 4.69. The summed E-state index contributed by atoms with van der Waals surface area (Å²) in [7, 11) is 0. The largest absolute Gasteiger partial charge is 0.368 e. The van der Waals surface area contributed by atoms with Crippen LogP contribution < -0.4 is 11.1 Å². The number of nitrogens with zero attached hydrogens (tertiary/aromatic N) is 1. The second-order valence-electron chi connectivity index (χ2n) is 5.83. The Morgan fingerprint density at radius 1 is 1.37 bits per heavy atom. The molecule has 0 bridgehead atoms. The Morgan fingerprint density at radius 2 is 2.16 bits per heavy atom. The Balaban J connectivity index is 2.17. The maximum atomic E-state index is 12.9. The summed E-state index contributed by atoms with van der Waals surface area (Å²) in [6.07, 6.45) is 5.43. The molecule has 3 N–H and O–H groups in total. The van der Waals surface area contributed by atoms with E-state index in [0.717, 1.165) is 45.2 Å². The van der Waals surface area contributed by atoms with Crippen molar-refractivity contribution >= 4 is 11.8 Å². The van der Waals surface area contributed by atoms with Gasteiger partial charge in [-0.25, -0.2) is 0 Å². The first-order chi connectivity index (χ1) is 9.10. The number of hydrogen-bond donors (Lipinski definition) is 2. The lowest BCUT2D eigenvalue weighted by molar-refractivity contribution is -0.151. The molecule has 5 nitrogen and oxygen atoms in total. The molecule has 2 aliphatic rings. The zero-order chi connectivity index (χ0) is 13.9. The number of hydrogen-bond acceptors (Lipinski definition) is 3. The molecule has 2 aliphatic heterocycles. The number of rotatable bonds is 3. The van der Waals surface area contributed by atoms with Gasteiger partial charge in [-0.1, -0.05) is 6.92 Å². The predicted octanol–water partition coefficient (Wildman–Crippen LogP) is 0.633. The second kappa shape index (κ2) is 5.90. The number of carbonyl (C=O) groups excluding carboxylic acids is 2. The fourth-order valence-electron chi connectivity index (χ4n) is 3.38. The predicted molar refractivity (Wildman–Crippen MR) is 73.4 cm³/mol. The minimum absolute atomic E-state index is 0.130. The van der Waals surface area contributed by atoms with Gasteiger partial charge in [0.05, 0.1) is 5.41 Å². The van der Waals surface area contributed by atoms with Crippen LogP contribution in [0.2, 0.25) is 0 Å². The number of piperidine rings is 2. The third-order valence-electron chi connectivity index (χ3n) is 4.69. The van der Waals surface area contributed by atoms with Crippen molar-refractivity contribution < 1.29 is 9.59 Å². The van der Waals surface area contributed by atoms with Gasteiger partial charge in [-0.2, -0.15) is 0 Å². The summed E-state index contributed by atoms with van der Waals surface area (Å²) in [5.41, 5.74) is 5.13. The highest BCUT2D eigenvalue weighted by Gasteiger charge is 2.43. The molecule has 0 aromatic heterocycles. The van der Waals surface area contributed by atoms with Crippen LogP contribution in [0.25, 0.3) is 0 Å². The van der Waals surface area contributed by atoms with Crippen LogP contribution in [0, 0.1) is 5.41 Å². The average molecular weight is 267 g/mol. The fourth-order valence-corrected chi connectivity index (χ4v) is 3.38. The van der Waals surface area contributed by atoms with Gasteiger partial charge in [0.15, 0.2) is 0 Å². The van der Waals surface area contributed by atoms with E-state index in [9.17, 15) is 9.59 Å². The summed E-state index contributed by atoms with van der Waals surface area (Å²) < 4.78 is 0. The molecule has 2 fully saturated rings. The molecule has 2 amide bonds. The van der Waals surface area contributed by atoms with Gasteiger partial charge in [0, 0.05) is 13.1 Å². The highest BCUT2D eigenvalue weighted by Crippen LogP contribution is 2.34. The van der Waals surface area contributed by atoms with Crippen molar-refractivity contribution in [3.8, 4) is 0 Å². The summed E-state index contributed by atoms with van der Waals surface area (Å²) >= 11 is 0. The number of nitrogens with two attached hydrogens (primary N) is 1. The van der Waals surface area contributed by atoms with Crippen LogP contribution >= 0.6 is 0 Å². The quantitative estimate of drug-likeness (QED) is 0.787. The maximum absolute atomic E-state index is 12.9. The molecule has 2 atom stereocenters. The normalized spacial score (nSPS) is 32.1. The smallest absolute Gasteiger partial charge is 0.240 e. The molecule has 0 saturated carbocycles. The SMILES string of the molecule is CCC1(C(=O)N2CCCCC2C(N)=O)CCCNC1. The molecular formula is C14H25N3O2. The maximum Gasteiger partial charge on any atom is 0.240 e. The van der Waals surface area contributed by atoms with Gasteiger partial charge in [-0.15, -0.1) is 0 Å². The standard InChI is InChI=1S/C14H25N3O2/c1-2-14(7-5-8-16-10-14)13(19)17-9-4-3-6-11(17)12(15)18/h11,16H,2-10H2,1H3,(H2,15,18). The molecule has 108 valence electrons. The lowest BCUT2D eigenvalue weighted by atomic mass is 9.76. The Hall–Kier alpha value is -1.10. The van der Waals surface area contributed by atoms with Crippen LogP contribution in [0.4, 0.5) is 0 Å². The lowest BCUT2D eigenvalue weighted by Crippen LogP contribution is -2.58. The van der Waals surface area contributed by atoms with Crippen LogP contribution in [0.15, 0.2) is 0 Å². The molecule has 19 heavy (non-hydrogen) atoms. The molecule has 2 rings (SSSR count). The van der Waals surface area contributed by atoms with E-state index in [0.29, 0.717) is 13.0 Å². The van der Waals surface area contributed by atoms with Crippen molar-refractivity contribution in [1.82, 2.24) is 10.2 Å². The molecule has 0 spiro atoms. The van der Waals surface area contributed by atoms with Crippen molar-refractivity contribution in [2.24, 2.45) is 11.1 Å². The van der Waals surface area contributed by atoms with E-state index >= 15 is 0 Å². The summed E-state index contributed by atoms with van der Waals surface area (Å²) in [6.45, 7) is 4.45. The van der Waals surface area contributed by atoms with Gasteiger partial charge in [-0.3, -0.25) is 9.59 Å². The Morgan fingerprint density at radius 3 is 2.74 bits per heavy atom. The fraction of sp³-hybridized carbons (Fsp3) is 0.857. The van der Waals surface area contributed by atoms with E-state index in [1.165, 1.54) is 0 Å². The molecular weight excluding hydrogens is 242 g/mol. The zero-order valence-corrected chi connectivity index (χ0v) is 11.8. The van der Waals surface area contributed by atoms with Gasteiger partial charge in [0.25, 0.3) is 0 Å². The van der Waals surface area contributed by atoms with E-state index in [2.05, 4.69) is 12.2 Å². The monoisotopic (exact) mass is 267 g/mol. The van der Waals surface area contributed by atoms with Gasteiger partial charge in [0.1, 0.15) is 6.04 Å². The summed E-state index contributed by atoms with van der Waals surface area (Å²) in [5, 5.41) is 3.33. The highest BCUT2D eigenvalue weighted by molar-refractivity contribution is 5.89. The number of nitrogens with one attached hydrogen (secondary N) is 1. The molecule has 5 heteroatoms. The Bertz CT molecular complexity index is 351. The minimum Gasteiger partial charge on any atom is -0.368 e. The molecule has 0 aromatic rings. The van der Waals surface area contributed by atoms with E-state index in [1.807, 2.05) is 0 Å². The molecule has 0 radical (unpaired) electrons. The number of amides is 2. The van der Waals surface area contributed by atoms with Crippen molar-refractivity contribution in [3.05, 3.63) is 0 Å². The molecule has 2 unspecified atom stereocenters. The van der Waals surface area contributed by atoms with E-state index in [1.54, 1.807) is 4.90 Å². The van der Waals surface area contributed by atoms with Crippen molar-refractivity contribution in [3.63, 3.8) is 0 Å². The first-order valence-electron chi connectivity index (χ1n) is 7.42. The molecule has 0 aliphatic carbocycles. The topological polar surface area (TPSA) is 75.4 Å². The first-order valence-corrected chi connectivity index (χ1v) is 7.42. The molecule has 2 heterocycles. The van der Waals surface area contributed by atoms with Gasteiger partial charge < -0.3 is 16.0 Å².